The van der Waals surface area contributed by atoms with Gasteiger partial charge in [-0.3, -0.25) is 4.79 Å². The maximum absolute atomic E-state index is 11.8. The van der Waals surface area contributed by atoms with Crippen LogP contribution in [0.15, 0.2) is 59.2 Å². The number of hydrogen-bond acceptors (Lipinski definition) is 2. The Balaban J connectivity index is 1.95. The quantitative estimate of drug-likeness (QED) is 0.793. The van der Waals surface area contributed by atoms with Gasteiger partial charge in [0.15, 0.2) is 5.78 Å². The molecular weight excluding hydrogens is 344 g/mol. The van der Waals surface area contributed by atoms with Gasteiger partial charge < -0.3 is 10.6 Å². The standard InChI is InChI=1S/C17H15BrN2O2/c1-12(21)14-6-4-7-15(11-14)20-17(22)19-10-9-13-5-2-3-8-16(13)18/h2-11H,1H3,(H2,19,20,22)/b10-9+. The summed E-state index contributed by atoms with van der Waals surface area (Å²) in [7, 11) is 0. The average Bonchev–Trinajstić information content (AvgIpc) is 2.49. The molecule has 0 fully saturated rings. The van der Waals surface area contributed by atoms with Crippen molar-refractivity contribution in [1.29, 1.82) is 0 Å². The zero-order valence-corrected chi connectivity index (χ0v) is 13.6. The lowest BCUT2D eigenvalue weighted by Crippen LogP contribution is -2.23. The summed E-state index contributed by atoms with van der Waals surface area (Å²) in [5.41, 5.74) is 2.09. The minimum Gasteiger partial charge on any atom is -0.314 e. The van der Waals surface area contributed by atoms with E-state index in [1.807, 2.05) is 24.3 Å². The van der Waals surface area contributed by atoms with Crippen molar-refractivity contribution in [3.05, 3.63) is 70.3 Å². The van der Waals surface area contributed by atoms with Crippen molar-refractivity contribution in [2.24, 2.45) is 0 Å². The molecule has 0 atom stereocenters. The van der Waals surface area contributed by atoms with Gasteiger partial charge in [0.05, 0.1) is 0 Å². The van der Waals surface area contributed by atoms with E-state index in [1.54, 1.807) is 36.5 Å². The van der Waals surface area contributed by atoms with Crippen LogP contribution in [-0.2, 0) is 0 Å². The molecule has 0 aliphatic carbocycles. The van der Waals surface area contributed by atoms with Gasteiger partial charge in [0.25, 0.3) is 0 Å². The van der Waals surface area contributed by atoms with Crippen LogP contribution in [0.4, 0.5) is 10.5 Å². The lowest BCUT2D eigenvalue weighted by Gasteiger charge is -2.06. The van der Waals surface area contributed by atoms with Gasteiger partial charge in [-0.15, -0.1) is 0 Å². The number of halogens is 1. The maximum atomic E-state index is 11.8. The van der Waals surface area contributed by atoms with Gasteiger partial charge in [-0.1, -0.05) is 46.3 Å². The molecule has 2 amide bonds. The van der Waals surface area contributed by atoms with Gasteiger partial charge >= 0.3 is 6.03 Å². The number of hydrogen-bond donors (Lipinski definition) is 2. The normalized spacial score (nSPS) is 10.5. The Kier molecular flexibility index (Phi) is 5.49. The Morgan fingerprint density at radius 1 is 1.09 bits per heavy atom. The van der Waals surface area contributed by atoms with E-state index in [9.17, 15) is 9.59 Å². The molecule has 0 aliphatic heterocycles. The first kappa shape index (κ1) is 16.0. The van der Waals surface area contributed by atoms with Crippen molar-refractivity contribution in [2.75, 3.05) is 5.32 Å². The molecule has 4 nitrogen and oxygen atoms in total. The van der Waals surface area contributed by atoms with Crippen molar-refractivity contribution >= 4 is 39.5 Å². The first-order valence-corrected chi connectivity index (χ1v) is 7.45. The fraction of sp³-hybridized carbons (Fsp3) is 0.0588. The second-order valence-electron chi connectivity index (χ2n) is 4.59. The summed E-state index contributed by atoms with van der Waals surface area (Å²) in [5, 5.41) is 5.29. The zero-order chi connectivity index (χ0) is 15.9. The smallest absolute Gasteiger partial charge is 0.314 e. The van der Waals surface area contributed by atoms with Crippen molar-refractivity contribution in [3.63, 3.8) is 0 Å². The van der Waals surface area contributed by atoms with E-state index in [4.69, 9.17) is 0 Å². The van der Waals surface area contributed by atoms with E-state index in [1.165, 1.54) is 6.92 Å². The van der Waals surface area contributed by atoms with Crippen LogP contribution in [-0.4, -0.2) is 11.8 Å². The Morgan fingerprint density at radius 2 is 1.86 bits per heavy atom. The Labute approximate surface area is 137 Å². The number of ketones is 1. The second-order valence-corrected chi connectivity index (χ2v) is 5.44. The zero-order valence-electron chi connectivity index (χ0n) is 12.0. The van der Waals surface area contributed by atoms with Crippen LogP contribution in [0.5, 0.6) is 0 Å². The molecule has 0 heterocycles. The Bertz CT molecular complexity index is 726. The lowest BCUT2D eigenvalue weighted by atomic mass is 10.1. The van der Waals surface area contributed by atoms with Gasteiger partial charge in [-0.05, 0) is 36.8 Å². The fourth-order valence-electron chi connectivity index (χ4n) is 1.80. The van der Waals surface area contributed by atoms with Crippen LogP contribution in [0.25, 0.3) is 6.08 Å². The topological polar surface area (TPSA) is 58.2 Å². The first-order valence-electron chi connectivity index (χ1n) is 6.66. The minimum atomic E-state index is -0.371. The number of benzene rings is 2. The van der Waals surface area contributed by atoms with E-state index in [-0.39, 0.29) is 11.8 Å². The third kappa shape index (κ3) is 4.56. The van der Waals surface area contributed by atoms with Crippen molar-refractivity contribution in [2.45, 2.75) is 6.92 Å². The van der Waals surface area contributed by atoms with Crippen LogP contribution < -0.4 is 10.6 Å². The van der Waals surface area contributed by atoms with Crippen molar-refractivity contribution in [1.82, 2.24) is 5.32 Å². The third-order valence-electron chi connectivity index (χ3n) is 2.91. The van der Waals surface area contributed by atoms with Crippen LogP contribution in [0, 0.1) is 0 Å². The molecule has 0 saturated heterocycles. The van der Waals surface area contributed by atoms with E-state index < -0.39 is 0 Å². The highest BCUT2D eigenvalue weighted by atomic mass is 79.9. The van der Waals surface area contributed by atoms with E-state index in [0.717, 1.165) is 10.0 Å². The highest BCUT2D eigenvalue weighted by Gasteiger charge is 2.03. The van der Waals surface area contributed by atoms with Crippen LogP contribution in [0.3, 0.4) is 0 Å². The third-order valence-corrected chi connectivity index (χ3v) is 3.63. The first-order chi connectivity index (χ1) is 10.6. The molecular formula is C17H15BrN2O2. The molecule has 2 aromatic rings. The minimum absolute atomic E-state index is 0.0436. The molecule has 0 bridgehead atoms. The number of rotatable bonds is 4. The monoisotopic (exact) mass is 358 g/mol. The summed E-state index contributed by atoms with van der Waals surface area (Å²) in [6.45, 7) is 1.49. The number of anilines is 1. The molecule has 2 aromatic carbocycles. The SMILES string of the molecule is CC(=O)c1cccc(NC(=O)N/C=C/c2ccccc2Br)c1. The van der Waals surface area contributed by atoms with Gasteiger partial charge in [0, 0.05) is 21.9 Å². The van der Waals surface area contributed by atoms with Crippen molar-refractivity contribution < 1.29 is 9.59 Å². The average molecular weight is 359 g/mol. The van der Waals surface area contributed by atoms with Gasteiger partial charge in [-0.2, -0.15) is 0 Å². The summed E-state index contributed by atoms with van der Waals surface area (Å²) in [6.07, 6.45) is 3.35. The molecule has 2 N–H and O–H groups in total. The summed E-state index contributed by atoms with van der Waals surface area (Å²) >= 11 is 3.43. The maximum Gasteiger partial charge on any atom is 0.323 e. The molecule has 0 aromatic heterocycles. The number of amides is 2. The molecule has 0 aliphatic rings. The molecule has 22 heavy (non-hydrogen) atoms. The number of Topliss-reactive ketones (excluding diaryl/α,β-unsaturated/α-hetero) is 1. The fourth-order valence-corrected chi connectivity index (χ4v) is 2.22. The largest absolute Gasteiger partial charge is 0.323 e. The highest BCUT2D eigenvalue weighted by Crippen LogP contribution is 2.16. The number of carbonyl (C=O) groups excluding carboxylic acids is 2. The number of carbonyl (C=O) groups is 2. The molecule has 5 heteroatoms. The molecule has 0 unspecified atom stereocenters. The van der Waals surface area contributed by atoms with Crippen LogP contribution in [0.2, 0.25) is 0 Å². The number of nitrogens with one attached hydrogen (secondary N) is 2. The van der Waals surface area contributed by atoms with Crippen LogP contribution in [0.1, 0.15) is 22.8 Å². The Hall–Kier alpha value is -2.40. The van der Waals surface area contributed by atoms with Crippen molar-refractivity contribution in [3.8, 4) is 0 Å². The predicted octanol–water partition coefficient (Wildman–Crippen LogP) is 4.44. The van der Waals surface area contributed by atoms with E-state index in [0.29, 0.717) is 11.3 Å². The summed E-state index contributed by atoms with van der Waals surface area (Å²) < 4.78 is 0.947. The molecule has 0 spiro atoms. The molecule has 2 rings (SSSR count). The molecule has 0 radical (unpaired) electrons. The lowest BCUT2D eigenvalue weighted by molar-refractivity contribution is 0.101. The van der Waals surface area contributed by atoms with E-state index in [2.05, 4.69) is 26.6 Å². The summed E-state index contributed by atoms with van der Waals surface area (Å²) in [4.78, 5) is 23.1. The van der Waals surface area contributed by atoms with Gasteiger partial charge in [-0.25, -0.2) is 4.79 Å². The second kappa shape index (κ2) is 7.56. The van der Waals surface area contributed by atoms with Gasteiger partial charge in [0.1, 0.15) is 0 Å². The van der Waals surface area contributed by atoms with E-state index >= 15 is 0 Å². The molecule has 0 saturated carbocycles. The van der Waals surface area contributed by atoms with Crippen LogP contribution >= 0.6 is 15.9 Å². The molecule has 112 valence electrons. The Morgan fingerprint density at radius 3 is 2.59 bits per heavy atom. The highest BCUT2D eigenvalue weighted by molar-refractivity contribution is 9.10. The van der Waals surface area contributed by atoms with Gasteiger partial charge in [0.2, 0.25) is 0 Å². The summed E-state index contributed by atoms with van der Waals surface area (Å²) in [5.74, 6) is -0.0436. The summed E-state index contributed by atoms with van der Waals surface area (Å²) in [6, 6.07) is 14.1. The number of urea groups is 1. The predicted molar refractivity (Wildman–Crippen MR) is 91.8 cm³/mol.